The first-order valence-corrected chi connectivity index (χ1v) is 7.82. The van der Waals surface area contributed by atoms with E-state index in [1.165, 1.54) is 16.8 Å². The molecule has 1 atom stereocenters. The number of benzene rings is 1. The van der Waals surface area contributed by atoms with E-state index < -0.39 is 0 Å². The summed E-state index contributed by atoms with van der Waals surface area (Å²) in [5.41, 5.74) is 4.04. The van der Waals surface area contributed by atoms with Crippen molar-refractivity contribution in [3.05, 3.63) is 53.0 Å². The molecule has 3 nitrogen and oxygen atoms in total. The average Bonchev–Trinajstić information content (AvgIpc) is 2.98. The lowest BCUT2D eigenvalue weighted by Crippen LogP contribution is -2.28. The Balaban J connectivity index is 1.78. The summed E-state index contributed by atoms with van der Waals surface area (Å²) in [4.78, 5) is 2.45. The van der Waals surface area contributed by atoms with Gasteiger partial charge >= 0.3 is 0 Å². The fourth-order valence-corrected chi connectivity index (χ4v) is 3.12. The van der Waals surface area contributed by atoms with E-state index in [1.54, 1.807) is 0 Å². The molecule has 0 aliphatic carbocycles. The average molecular weight is 284 g/mol. The topological polar surface area (TPSA) is 28.4 Å². The molecule has 1 aliphatic heterocycles. The summed E-state index contributed by atoms with van der Waals surface area (Å²) in [5.74, 6) is 2.12. The molecule has 0 radical (unpaired) electrons. The monoisotopic (exact) mass is 284 g/mol. The molecule has 21 heavy (non-hydrogen) atoms. The van der Waals surface area contributed by atoms with Crippen molar-refractivity contribution in [2.24, 2.45) is 0 Å². The van der Waals surface area contributed by atoms with Crippen LogP contribution in [0.2, 0.25) is 0 Å². The van der Waals surface area contributed by atoms with Crippen LogP contribution in [0.25, 0.3) is 0 Å². The second-order valence-corrected chi connectivity index (χ2v) is 5.91. The molecule has 1 aliphatic rings. The number of para-hydroxylation sites is 1. The Labute approximate surface area is 127 Å². The zero-order valence-corrected chi connectivity index (χ0v) is 13.1. The van der Waals surface area contributed by atoms with Crippen LogP contribution in [0.3, 0.4) is 0 Å². The van der Waals surface area contributed by atoms with Crippen LogP contribution in [0.4, 0.5) is 5.69 Å². The molecule has 1 N–H and O–H groups in total. The fraction of sp³-hybridized carbons (Fsp3) is 0.444. The van der Waals surface area contributed by atoms with Crippen LogP contribution < -0.4 is 10.2 Å². The highest BCUT2D eigenvalue weighted by atomic mass is 16.3. The first kappa shape index (κ1) is 14.2. The number of furan rings is 1. The van der Waals surface area contributed by atoms with Gasteiger partial charge in [0.2, 0.25) is 0 Å². The Hall–Kier alpha value is -1.74. The second kappa shape index (κ2) is 5.94. The smallest absolute Gasteiger partial charge is 0.123 e. The predicted molar refractivity (Wildman–Crippen MR) is 86.6 cm³/mol. The molecule has 0 saturated heterocycles. The van der Waals surface area contributed by atoms with Gasteiger partial charge in [0.25, 0.3) is 0 Å². The highest BCUT2D eigenvalue weighted by Crippen LogP contribution is 2.33. The van der Waals surface area contributed by atoms with Gasteiger partial charge in [-0.2, -0.15) is 0 Å². The van der Waals surface area contributed by atoms with Gasteiger partial charge < -0.3 is 14.6 Å². The number of anilines is 1. The van der Waals surface area contributed by atoms with Crippen molar-refractivity contribution in [3.63, 3.8) is 0 Å². The van der Waals surface area contributed by atoms with Gasteiger partial charge in [0, 0.05) is 11.7 Å². The quantitative estimate of drug-likeness (QED) is 0.908. The molecule has 112 valence electrons. The van der Waals surface area contributed by atoms with Crippen molar-refractivity contribution < 1.29 is 4.42 Å². The Bertz CT molecular complexity index is 617. The van der Waals surface area contributed by atoms with Crippen molar-refractivity contribution in [1.82, 2.24) is 5.32 Å². The molecule has 0 spiro atoms. The largest absolute Gasteiger partial charge is 0.463 e. The van der Waals surface area contributed by atoms with E-state index in [0.717, 1.165) is 37.6 Å². The van der Waals surface area contributed by atoms with Gasteiger partial charge in [0.1, 0.15) is 11.5 Å². The Morgan fingerprint density at radius 2 is 2.14 bits per heavy atom. The van der Waals surface area contributed by atoms with Gasteiger partial charge in [0.15, 0.2) is 0 Å². The van der Waals surface area contributed by atoms with E-state index in [4.69, 9.17) is 4.42 Å². The Morgan fingerprint density at radius 3 is 2.95 bits per heavy atom. The van der Waals surface area contributed by atoms with E-state index in [-0.39, 0.29) is 0 Å². The molecular weight excluding hydrogens is 260 g/mol. The molecule has 2 aromatic rings. The Morgan fingerprint density at radius 1 is 1.33 bits per heavy atom. The van der Waals surface area contributed by atoms with Crippen molar-refractivity contribution >= 4 is 5.69 Å². The third-order valence-electron chi connectivity index (χ3n) is 4.28. The normalized spacial score (nSPS) is 17.3. The lowest BCUT2D eigenvalue weighted by molar-refractivity contribution is 0.440. The number of rotatable bonds is 5. The number of aryl methyl sites for hydroxylation is 1. The van der Waals surface area contributed by atoms with E-state index in [1.807, 2.05) is 0 Å². The van der Waals surface area contributed by atoms with Crippen LogP contribution in [0, 0.1) is 6.92 Å². The van der Waals surface area contributed by atoms with Gasteiger partial charge in [-0.25, -0.2) is 0 Å². The molecule has 1 aromatic carbocycles. The first-order chi connectivity index (χ1) is 10.2. The highest BCUT2D eigenvalue weighted by Gasteiger charge is 2.26. The molecule has 3 rings (SSSR count). The van der Waals surface area contributed by atoms with Gasteiger partial charge in [-0.15, -0.1) is 0 Å². The third kappa shape index (κ3) is 2.84. The van der Waals surface area contributed by atoms with Crippen LogP contribution in [-0.2, 0) is 19.5 Å². The second-order valence-electron chi connectivity index (χ2n) is 5.91. The van der Waals surface area contributed by atoms with Gasteiger partial charge in [0.05, 0.1) is 13.1 Å². The molecule has 1 unspecified atom stereocenters. The summed E-state index contributed by atoms with van der Waals surface area (Å²) in [7, 11) is 0. The Kier molecular flexibility index (Phi) is 4.02. The molecule has 0 saturated carbocycles. The van der Waals surface area contributed by atoms with Crippen LogP contribution in [-0.4, -0.2) is 12.6 Å². The maximum atomic E-state index is 6.04. The summed E-state index contributed by atoms with van der Waals surface area (Å²) in [5, 5.41) is 3.33. The predicted octanol–water partition coefficient (Wildman–Crippen LogP) is 3.65. The van der Waals surface area contributed by atoms with Gasteiger partial charge in [-0.05, 0) is 50.1 Å². The minimum absolute atomic E-state index is 0.532. The number of fused-ring (bicyclic) bond motifs is 1. The van der Waals surface area contributed by atoms with Crippen molar-refractivity contribution in [2.45, 2.75) is 46.3 Å². The number of hydrogen-bond acceptors (Lipinski definition) is 3. The summed E-state index contributed by atoms with van der Waals surface area (Å²) in [6.45, 7) is 9.16. The standard InChI is InChI=1S/C18H24N2O/c1-4-19-11-18-13(2)9-16(21-18)12-20-14(3)10-15-7-5-6-8-17(15)20/h5-9,14,19H,4,10-12H2,1-3H3. The van der Waals surface area contributed by atoms with Gasteiger partial charge in [-0.3, -0.25) is 0 Å². The lowest BCUT2D eigenvalue weighted by Gasteiger charge is -2.23. The van der Waals surface area contributed by atoms with Crippen molar-refractivity contribution in [1.29, 1.82) is 0 Å². The van der Waals surface area contributed by atoms with Gasteiger partial charge in [-0.1, -0.05) is 25.1 Å². The highest BCUT2D eigenvalue weighted by molar-refractivity contribution is 5.59. The van der Waals surface area contributed by atoms with E-state index >= 15 is 0 Å². The van der Waals surface area contributed by atoms with Crippen LogP contribution in [0.15, 0.2) is 34.7 Å². The maximum Gasteiger partial charge on any atom is 0.123 e. The van der Waals surface area contributed by atoms with E-state index in [0.29, 0.717) is 6.04 Å². The van der Waals surface area contributed by atoms with Crippen molar-refractivity contribution in [3.8, 4) is 0 Å². The molecule has 3 heteroatoms. The molecule has 0 amide bonds. The molecule has 0 bridgehead atoms. The summed E-state index contributed by atoms with van der Waals surface area (Å²) in [6, 6.07) is 11.4. The van der Waals surface area contributed by atoms with Crippen LogP contribution in [0.1, 0.15) is 36.5 Å². The lowest BCUT2D eigenvalue weighted by atomic mass is 10.1. The number of nitrogens with zero attached hydrogens (tertiary/aromatic N) is 1. The van der Waals surface area contributed by atoms with Crippen LogP contribution >= 0.6 is 0 Å². The minimum Gasteiger partial charge on any atom is -0.463 e. The fourth-order valence-electron chi connectivity index (χ4n) is 3.12. The SMILES string of the molecule is CCNCc1oc(CN2c3ccccc3CC2C)cc1C. The third-order valence-corrected chi connectivity index (χ3v) is 4.28. The number of nitrogens with one attached hydrogen (secondary N) is 1. The summed E-state index contributed by atoms with van der Waals surface area (Å²) >= 11 is 0. The first-order valence-electron chi connectivity index (χ1n) is 7.82. The summed E-state index contributed by atoms with van der Waals surface area (Å²) < 4.78 is 6.04. The molecule has 1 aromatic heterocycles. The molecule has 2 heterocycles. The van der Waals surface area contributed by atoms with Crippen LogP contribution in [0.5, 0.6) is 0 Å². The van der Waals surface area contributed by atoms with E-state index in [9.17, 15) is 0 Å². The molecular formula is C18H24N2O. The van der Waals surface area contributed by atoms with E-state index in [2.05, 4.69) is 61.3 Å². The maximum absolute atomic E-state index is 6.04. The zero-order valence-electron chi connectivity index (χ0n) is 13.1. The van der Waals surface area contributed by atoms with Crippen molar-refractivity contribution in [2.75, 3.05) is 11.4 Å². The number of hydrogen-bond donors (Lipinski definition) is 1. The zero-order chi connectivity index (χ0) is 14.8. The molecule has 0 fully saturated rings. The minimum atomic E-state index is 0.532. The summed E-state index contributed by atoms with van der Waals surface area (Å²) in [6.07, 6.45) is 1.13.